The minimum absolute atomic E-state index is 0.0244. The van der Waals surface area contributed by atoms with Crippen molar-refractivity contribution in [1.29, 1.82) is 0 Å². The Morgan fingerprint density at radius 1 is 1.25 bits per heavy atom. The number of fused-ring (bicyclic) bond motifs is 1. The molecule has 5 heteroatoms. The predicted octanol–water partition coefficient (Wildman–Crippen LogP) is 2.27. The fraction of sp³-hybridized carbons (Fsp3) is 0.733. The molecule has 1 aliphatic rings. The van der Waals surface area contributed by atoms with Crippen molar-refractivity contribution in [3.05, 3.63) is 21.6 Å². The molecule has 0 saturated heterocycles. The summed E-state index contributed by atoms with van der Waals surface area (Å²) in [5, 5.41) is 3.18. The Morgan fingerprint density at radius 3 is 2.90 bits per heavy atom. The van der Waals surface area contributed by atoms with E-state index in [1.165, 1.54) is 6.42 Å². The van der Waals surface area contributed by atoms with Gasteiger partial charge in [0.1, 0.15) is 0 Å². The summed E-state index contributed by atoms with van der Waals surface area (Å²) in [5.41, 5.74) is 1.88. The second kappa shape index (κ2) is 8.04. The standard InChI is InChI=1S/C15H25N3O2/c1-2-3-10-20-11-6-9-16-15-17-13-8-5-4-7-12(13)14(19)18-15/h2-11H2,1H3,(H2,16,17,18,19). The van der Waals surface area contributed by atoms with Crippen molar-refractivity contribution in [3.8, 4) is 0 Å². The number of anilines is 1. The van der Waals surface area contributed by atoms with Crippen LogP contribution < -0.4 is 10.9 Å². The van der Waals surface area contributed by atoms with Crippen molar-refractivity contribution in [3.63, 3.8) is 0 Å². The van der Waals surface area contributed by atoms with Crippen molar-refractivity contribution in [2.24, 2.45) is 0 Å². The molecule has 0 amide bonds. The van der Waals surface area contributed by atoms with Crippen molar-refractivity contribution in [1.82, 2.24) is 9.97 Å². The molecule has 5 nitrogen and oxygen atoms in total. The molecule has 0 aliphatic heterocycles. The maximum atomic E-state index is 11.9. The van der Waals surface area contributed by atoms with Gasteiger partial charge in [-0.2, -0.15) is 0 Å². The molecule has 0 aromatic carbocycles. The lowest BCUT2D eigenvalue weighted by Gasteiger charge is -2.15. The van der Waals surface area contributed by atoms with E-state index in [2.05, 4.69) is 22.2 Å². The summed E-state index contributed by atoms with van der Waals surface area (Å²) in [4.78, 5) is 19.3. The minimum atomic E-state index is 0.0244. The predicted molar refractivity (Wildman–Crippen MR) is 80.3 cm³/mol. The zero-order chi connectivity index (χ0) is 14.2. The van der Waals surface area contributed by atoms with Crippen molar-refractivity contribution in [2.75, 3.05) is 25.1 Å². The van der Waals surface area contributed by atoms with Gasteiger partial charge in [-0.25, -0.2) is 4.98 Å². The monoisotopic (exact) mass is 279 g/mol. The molecule has 0 saturated carbocycles. The fourth-order valence-electron chi connectivity index (χ4n) is 2.42. The van der Waals surface area contributed by atoms with Crippen LogP contribution in [-0.2, 0) is 17.6 Å². The van der Waals surface area contributed by atoms with Gasteiger partial charge in [-0.05, 0) is 38.5 Å². The summed E-state index contributed by atoms with van der Waals surface area (Å²) in [6.07, 6.45) is 7.22. The van der Waals surface area contributed by atoms with Crippen LogP contribution in [0, 0.1) is 0 Å². The number of rotatable bonds is 8. The average molecular weight is 279 g/mol. The molecular formula is C15H25N3O2. The quantitative estimate of drug-likeness (QED) is 0.716. The highest BCUT2D eigenvalue weighted by Gasteiger charge is 2.15. The molecule has 0 unspecified atom stereocenters. The van der Waals surface area contributed by atoms with Gasteiger partial charge in [-0.3, -0.25) is 9.78 Å². The molecule has 0 fully saturated rings. The first-order chi connectivity index (χ1) is 9.81. The maximum Gasteiger partial charge on any atom is 0.255 e. The van der Waals surface area contributed by atoms with E-state index in [4.69, 9.17) is 4.74 Å². The largest absolute Gasteiger partial charge is 0.381 e. The van der Waals surface area contributed by atoms with Gasteiger partial charge in [0.25, 0.3) is 5.56 Å². The first-order valence-corrected chi connectivity index (χ1v) is 7.75. The Kier molecular flexibility index (Phi) is 6.05. The number of H-pyrrole nitrogens is 1. The number of aromatic amines is 1. The molecule has 1 heterocycles. The summed E-state index contributed by atoms with van der Waals surface area (Å²) in [7, 11) is 0. The highest BCUT2D eigenvalue weighted by molar-refractivity contribution is 5.30. The molecule has 1 aromatic heterocycles. The number of aryl methyl sites for hydroxylation is 1. The smallest absolute Gasteiger partial charge is 0.255 e. The molecule has 2 rings (SSSR count). The Morgan fingerprint density at radius 2 is 2.05 bits per heavy atom. The SMILES string of the molecule is CCCCOCCCNc1nc2c(c(=O)[nH]1)CCCC2. The van der Waals surface area contributed by atoms with Gasteiger partial charge in [0.05, 0.1) is 5.69 Å². The Labute approximate surface area is 120 Å². The van der Waals surface area contributed by atoms with Gasteiger partial charge < -0.3 is 10.1 Å². The number of nitrogens with one attached hydrogen (secondary N) is 2. The van der Waals surface area contributed by atoms with Gasteiger partial charge in [0.15, 0.2) is 0 Å². The molecule has 0 spiro atoms. The molecule has 1 aliphatic carbocycles. The lowest BCUT2D eigenvalue weighted by Crippen LogP contribution is -2.23. The van der Waals surface area contributed by atoms with Crippen LogP contribution in [0.25, 0.3) is 0 Å². The number of ether oxygens (including phenoxy) is 1. The second-order valence-corrected chi connectivity index (χ2v) is 5.29. The second-order valence-electron chi connectivity index (χ2n) is 5.29. The lowest BCUT2D eigenvalue weighted by molar-refractivity contribution is 0.131. The van der Waals surface area contributed by atoms with E-state index in [1.54, 1.807) is 0 Å². The van der Waals surface area contributed by atoms with Gasteiger partial charge in [0, 0.05) is 25.3 Å². The Balaban J connectivity index is 1.76. The molecule has 1 aromatic rings. The van der Waals surface area contributed by atoms with E-state index >= 15 is 0 Å². The number of unbranched alkanes of at least 4 members (excludes halogenated alkanes) is 1. The third-order valence-electron chi connectivity index (χ3n) is 3.59. The summed E-state index contributed by atoms with van der Waals surface area (Å²) < 4.78 is 5.49. The van der Waals surface area contributed by atoms with Gasteiger partial charge in [-0.15, -0.1) is 0 Å². The first-order valence-electron chi connectivity index (χ1n) is 7.75. The summed E-state index contributed by atoms with van der Waals surface area (Å²) in [5.74, 6) is 0.601. The highest BCUT2D eigenvalue weighted by atomic mass is 16.5. The van der Waals surface area contributed by atoms with Crippen LogP contribution in [0.3, 0.4) is 0 Å². The molecule has 0 bridgehead atoms. The maximum absolute atomic E-state index is 11.9. The van der Waals surface area contributed by atoms with E-state index in [0.29, 0.717) is 5.95 Å². The molecule has 2 N–H and O–H groups in total. The zero-order valence-electron chi connectivity index (χ0n) is 12.3. The van der Waals surface area contributed by atoms with E-state index in [1.807, 2.05) is 0 Å². The summed E-state index contributed by atoms with van der Waals surface area (Å²) in [6, 6.07) is 0. The van der Waals surface area contributed by atoms with E-state index < -0.39 is 0 Å². The molecule has 0 radical (unpaired) electrons. The van der Waals surface area contributed by atoms with Crippen molar-refractivity contribution in [2.45, 2.75) is 51.9 Å². The van der Waals surface area contributed by atoms with Crippen LogP contribution in [0.15, 0.2) is 4.79 Å². The van der Waals surface area contributed by atoms with Crippen LogP contribution in [0.1, 0.15) is 50.3 Å². The Bertz CT molecular complexity index is 471. The van der Waals surface area contributed by atoms with Crippen molar-refractivity contribution >= 4 is 5.95 Å². The third kappa shape index (κ3) is 4.34. The third-order valence-corrected chi connectivity index (χ3v) is 3.59. The van der Waals surface area contributed by atoms with Crippen LogP contribution in [0.5, 0.6) is 0 Å². The number of hydrogen-bond donors (Lipinski definition) is 2. The number of nitrogens with zero attached hydrogens (tertiary/aromatic N) is 1. The summed E-state index contributed by atoms with van der Waals surface area (Å²) >= 11 is 0. The molecule has 0 atom stereocenters. The normalized spacial score (nSPS) is 14.1. The first kappa shape index (κ1) is 15.0. The fourth-order valence-corrected chi connectivity index (χ4v) is 2.42. The highest BCUT2D eigenvalue weighted by Crippen LogP contribution is 2.16. The molecule has 112 valence electrons. The summed E-state index contributed by atoms with van der Waals surface area (Å²) in [6.45, 7) is 4.52. The average Bonchev–Trinajstić information content (AvgIpc) is 2.46. The Hall–Kier alpha value is -1.36. The minimum Gasteiger partial charge on any atom is -0.381 e. The van der Waals surface area contributed by atoms with E-state index in [9.17, 15) is 4.79 Å². The van der Waals surface area contributed by atoms with Gasteiger partial charge in [0.2, 0.25) is 5.95 Å². The van der Waals surface area contributed by atoms with Crippen LogP contribution in [0.2, 0.25) is 0 Å². The molecule has 20 heavy (non-hydrogen) atoms. The number of aromatic nitrogens is 2. The van der Waals surface area contributed by atoms with E-state index in [-0.39, 0.29) is 5.56 Å². The van der Waals surface area contributed by atoms with Gasteiger partial charge in [-0.1, -0.05) is 13.3 Å². The topological polar surface area (TPSA) is 67.0 Å². The van der Waals surface area contributed by atoms with Gasteiger partial charge >= 0.3 is 0 Å². The van der Waals surface area contributed by atoms with Crippen LogP contribution in [-0.4, -0.2) is 29.7 Å². The lowest BCUT2D eigenvalue weighted by atomic mass is 9.97. The zero-order valence-corrected chi connectivity index (χ0v) is 12.3. The number of hydrogen-bond acceptors (Lipinski definition) is 4. The van der Waals surface area contributed by atoms with Crippen LogP contribution in [0.4, 0.5) is 5.95 Å². The van der Waals surface area contributed by atoms with Crippen molar-refractivity contribution < 1.29 is 4.74 Å². The molecular weight excluding hydrogens is 254 g/mol. The van der Waals surface area contributed by atoms with E-state index in [0.717, 1.165) is 69.5 Å². The van der Waals surface area contributed by atoms with Crippen LogP contribution >= 0.6 is 0 Å².